The van der Waals surface area contributed by atoms with Crippen LogP contribution in [0.4, 0.5) is 26.3 Å². The van der Waals surface area contributed by atoms with E-state index in [4.69, 9.17) is 4.42 Å². The summed E-state index contributed by atoms with van der Waals surface area (Å²) in [7, 11) is 0. The number of nitrogens with zero attached hydrogens (tertiary/aromatic N) is 2. The van der Waals surface area contributed by atoms with Gasteiger partial charge in [-0.1, -0.05) is 42.5 Å². The molecule has 0 unspecified atom stereocenters. The van der Waals surface area contributed by atoms with E-state index in [1.165, 1.54) is 6.07 Å². The average Bonchev–Trinajstić information content (AvgIpc) is 3.09. The molecule has 9 heteroatoms. The highest BCUT2D eigenvalue weighted by atomic mass is 19.4. The van der Waals surface area contributed by atoms with E-state index >= 15 is 0 Å². The molecule has 1 aromatic heterocycles. The van der Waals surface area contributed by atoms with Gasteiger partial charge in [0.25, 0.3) is 0 Å². The Labute approximate surface area is 143 Å². The molecule has 1 heterocycles. The van der Waals surface area contributed by atoms with Crippen molar-refractivity contribution in [3.63, 3.8) is 0 Å². The molecule has 0 atom stereocenters. The third-order valence-electron chi connectivity index (χ3n) is 3.98. The Morgan fingerprint density at radius 2 is 1.23 bits per heavy atom. The molecule has 3 nitrogen and oxygen atoms in total. The van der Waals surface area contributed by atoms with Crippen molar-refractivity contribution in [1.29, 1.82) is 0 Å². The van der Waals surface area contributed by atoms with Gasteiger partial charge >= 0.3 is 12.4 Å². The maximum absolute atomic E-state index is 13.9. The van der Waals surface area contributed by atoms with Crippen LogP contribution in [0.5, 0.6) is 0 Å². The lowest BCUT2D eigenvalue weighted by Crippen LogP contribution is -2.54. The van der Waals surface area contributed by atoms with Crippen LogP contribution in [0.2, 0.25) is 0 Å². The SMILES string of the molecule is FC(F)(F)C(c1ccccc1)(c1ccc(-c2nnco2)cc1)C(F)(F)F. The predicted molar refractivity (Wildman–Crippen MR) is 79.1 cm³/mol. The zero-order chi connectivity index (χ0) is 19.0. The molecule has 136 valence electrons. The summed E-state index contributed by atoms with van der Waals surface area (Å²) in [6.45, 7) is 0. The topological polar surface area (TPSA) is 38.9 Å². The lowest BCUT2D eigenvalue weighted by Gasteiger charge is -2.38. The fraction of sp³-hybridized carbons (Fsp3) is 0.176. The van der Waals surface area contributed by atoms with Gasteiger partial charge in [-0.05, 0) is 23.3 Å². The summed E-state index contributed by atoms with van der Waals surface area (Å²) >= 11 is 0. The molecule has 0 fully saturated rings. The summed E-state index contributed by atoms with van der Waals surface area (Å²) < 4.78 is 88.0. The molecule has 0 N–H and O–H groups in total. The van der Waals surface area contributed by atoms with E-state index in [0.717, 1.165) is 54.9 Å². The molecular weight excluding hydrogens is 362 g/mol. The molecule has 0 radical (unpaired) electrons. The molecule has 0 bridgehead atoms. The molecule has 0 amide bonds. The van der Waals surface area contributed by atoms with Gasteiger partial charge in [-0.15, -0.1) is 10.2 Å². The van der Waals surface area contributed by atoms with Gasteiger partial charge in [0.15, 0.2) is 0 Å². The van der Waals surface area contributed by atoms with Crippen molar-refractivity contribution in [2.75, 3.05) is 0 Å². The second-order valence-corrected chi connectivity index (χ2v) is 5.43. The van der Waals surface area contributed by atoms with Crippen LogP contribution in [0.3, 0.4) is 0 Å². The van der Waals surface area contributed by atoms with Crippen molar-refractivity contribution in [2.24, 2.45) is 0 Å². The molecule has 0 saturated heterocycles. The van der Waals surface area contributed by atoms with Gasteiger partial charge in [-0.3, -0.25) is 0 Å². The van der Waals surface area contributed by atoms with Crippen LogP contribution in [-0.2, 0) is 5.41 Å². The van der Waals surface area contributed by atoms with Gasteiger partial charge in [-0.25, -0.2) is 0 Å². The predicted octanol–water partition coefficient (Wildman–Crippen LogP) is 5.15. The fourth-order valence-electron chi connectivity index (χ4n) is 2.83. The molecule has 0 aliphatic carbocycles. The molecule has 3 aromatic rings. The minimum Gasteiger partial charge on any atom is -0.423 e. The summed E-state index contributed by atoms with van der Waals surface area (Å²) in [6.07, 6.45) is -10.2. The third kappa shape index (κ3) is 2.73. The van der Waals surface area contributed by atoms with Crippen LogP contribution in [-0.4, -0.2) is 22.5 Å². The summed E-state index contributed by atoms with van der Waals surface area (Å²) in [5.74, 6) is -0.0131. The normalized spacial score (nSPS) is 13.0. The first-order chi connectivity index (χ1) is 12.2. The molecule has 0 saturated carbocycles. The summed E-state index contributed by atoms with van der Waals surface area (Å²) in [4.78, 5) is 0. The largest absolute Gasteiger partial charge is 0.423 e. The number of halogens is 6. The highest BCUT2D eigenvalue weighted by molar-refractivity contribution is 5.55. The summed E-state index contributed by atoms with van der Waals surface area (Å²) in [5.41, 5.74) is -5.82. The monoisotopic (exact) mass is 372 g/mol. The van der Waals surface area contributed by atoms with E-state index < -0.39 is 28.9 Å². The number of benzene rings is 2. The van der Waals surface area contributed by atoms with E-state index in [1.807, 2.05) is 0 Å². The number of hydrogen-bond acceptors (Lipinski definition) is 3. The van der Waals surface area contributed by atoms with Crippen molar-refractivity contribution in [1.82, 2.24) is 10.2 Å². The van der Waals surface area contributed by atoms with E-state index in [1.54, 1.807) is 0 Å². The smallest absolute Gasteiger partial charge is 0.411 e. The first kappa shape index (κ1) is 18.0. The Balaban J connectivity index is 2.24. The maximum Gasteiger partial charge on any atom is 0.411 e. The van der Waals surface area contributed by atoms with Crippen LogP contribution >= 0.6 is 0 Å². The van der Waals surface area contributed by atoms with Crippen molar-refractivity contribution in [2.45, 2.75) is 17.8 Å². The minimum atomic E-state index is -5.61. The highest BCUT2D eigenvalue weighted by Crippen LogP contribution is 2.56. The fourth-order valence-corrected chi connectivity index (χ4v) is 2.83. The van der Waals surface area contributed by atoms with Gasteiger partial charge < -0.3 is 4.42 Å². The van der Waals surface area contributed by atoms with Gasteiger partial charge in [-0.2, -0.15) is 26.3 Å². The second-order valence-electron chi connectivity index (χ2n) is 5.43. The quantitative estimate of drug-likeness (QED) is 0.597. The van der Waals surface area contributed by atoms with Crippen molar-refractivity contribution >= 4 is 0 Å². The van der Waals surface area contributed by atoms with Gasteiger partial charge in [0.2, 0.25) is 17.7 Å². The standard InChI is InChI=1S/C17H10F6N2O/c18-16(19,20)15(17(21,22)23,12-4-2-1-3-5-12)13-8-6-11(7-9-13)14-25-24-10-26-14/h1-10H. The minimum absolute atomic E-state index is 0.0131. The van der Waals surface area contributed by atoms with Crippen molar-refractivity contribution < 1.29 is 30.8 Å². The number of hydrogen-bond donors (Lipinski definition) is 0. The Bertz CT molecular complexity index is 841. The lowest BCUT2D eigenvalue weighted by molar-refractivity contribution is -0.288. The third-order valence-corrected chi connectivity index (χ3v) is 3.98. The Morgan fingerprint density at radius 1 is 0.692 bits per heavy atom. The summed E-state index contributed by atoms with van der Waals surface area (Å²) in [5, 5.41) is 6.99. The molecule has 0 spiro atoms. The second kappa shape index (κ2) is 6.15. The first-order valence-electron chi connectivity index (χ1n) is 7.24. The van der Waals surface area contributed by atoms with Crippen LogP contribution in [0.15, 0.2) is 65.4 Å². The molecule has 0 aliphatic heterocycles. The first-order valence-corrected chi connectivity index (χ1v) is 7.24. The Hall–Kier alpha value is -2.84. The number of rotatable bonds is 3. The van der Waals surface area contributed by atoms with Crippen LogP contribution < -0.4 is 0 Å². The van der Waals surface area contributed by atoms with Gasteiger partial charge in [0, 0.05) is 5.56 Å². The Kier molecular flexibility index (Phi) is 4.25. The van der Waals surface area contributed by atoms with Gasteiger partial charge in [0.1, 0.15) is 0 Å². The molecule has 3 rings (SSSR count). The maximum atomic E-state index is 13.9. The van der Waals surface area contributed by atoms with E-state index in [-0.39, 0.29) is 11.5 Å². The molecular formula is C17H10F6N2O. The van der Waals surface area contributed by atoms with E-state index in [9.17, 15) is 26.3 Å². The lowest BCUT2D eigenvalue weighted by atomic mass is 9.73. The molecule has 0 aliphatic rings. The van der Waals surface area contributed by atoms with Gasteiger partial charge in [0.05, 0.1) is 0 Å². The van der Waals surface area contributed by atoms with Crippen molar-refractivity contribution in [3.05, 3.63) is 72.1 Å². The average molecular weight is 372 g/mol. The zero-order valence-electron chi connectivity index (χ0n) is 12.8. The highest BCUT2D eigenvalue weighted by Gasteiger charge is 2.72. The van der Waals surface area contributed by atoms with Crippen molar-refractivity contribution in [3.8, 4) is 11.5 Å². The Morgan fingerprint density at radius 3 is 1.69 bits per heavy atom. The zero-order valence-corrected chi connectivity index (χ0v) is 12.8. The van der Waals surface area contributed by atoms with Crippen LogP contribution in [0.1, 0.15) is 11.1 Å². The molecule has 2 aromatic carbocycles. The number of aromatic nitrogens is 2. The molecule has 26 heavy (non-hydrogen) atoms. The van der Waals surface area contributed by atoms with E-state index in [2.05, 4.69) is 10.2 Å². The number of alkyl halides is 6. The van der Waals surface area contributed by atoms with Crippen LogP contribution in [0.25, 0.3) is 11.5 Å². The van der Waals surface area contributed by atoms with Crippen LogP contribution in [0, 0.1) is 0 Å². The summed E-state index contributed by atoms with van der Waals surface area (Å²) in [6, 6.07) is 8.94. The van der Waals surface area contributed by atoms with E-state index in [0.29, 0.717) is 0 Å².